The Morgan fingerprint density at radius 2 is 2.11 bits per heavy atom. The molecule has 2 nitrogen and oxygen atoms in total. The summed E-state index contributed by atoms with van der Waals surface area (Å²) in [5.74, 6) is -0.449. The number of aryl methyl sites for hydroxylation is 1. The van der Waals surface area contributed by atoms with Crippen LogP contribution in [0.15, 0.2) is 36.5 Å². The number of hydrogen-bond donors (Lipinski definition) is 1. The molecule has 0 aliphatic carbocycles. The third-order valence-corrected chi connectivity index (χ3v) is 3.01. The molecule has 0 aliphatic heterocycles. The van der Waals surface area contributed by atoms with E-state index in [0.29, 0.717) is 6.42 Å². The van der Waals surface area contributed by atoms with Crippen LogP contribution in [-0.2, 0) is 6.42 Å². The van der Waals surface area contributed by atoms with Gasteiger partial charge < -0.3 is 5.11 Å². The van der Waals surface area contributed by atoms with E-state index in [1.165, 1.54) is 12.1 Å². The third kappa shape index (κ3) is 3.06. The Morgan fingerprint density at radius 3 is 2.78 bits per heavy atom. The second kappa shape index (κ2) is 5.46. The van der Waals surface area contributed by atoms with Gasteiger partial charge in [-0.25, -0.2) is 4.39 Å². The predicted molar refractivity (Wildman–Crippen MR) is 69.0 cm³/mol. The van der Waals surface area contributed by atoms with E-state index in [9.17, 15) is 9.50 Å². The molecule has 0 fully saturated rings. The number of aliphatic hydroxyl groups excluding tert-OH is 1. The zero-order valence-corrected chi connectivity index (χ0v) is 10.7. The highest BCUT2D eigenvalue weighted by Gasteiger charge is 2.10. The SMILES string of the molecule is Cc1cc(C(O)Cc2ccc(F)c(Cl)c2)ccn1. The van der Waals surface area contributed by atoms with Gasteiger partial charge in [0.15, 0.2) is 0 Å². The molecule has 0 aliphatic rings. The summed E-state index contributed by atoms with van der Waals surface area (Å²) in [7, 11) is 0. The first-order chi connectivity index (χ1) is 8.56. The Labute approximate surface area is 110 Å². The van der Waals surface area contributed by atoms with Gasteiger partial charge >= 0.3 is 0 Å². The zero-order valence-electron chi connectivity index (χ0n) is 9.90. The van der Waals surface area contributed by atoms with Crippen LogP contribution < -0.4 is 0 Å². The molecule has 1 heterocycles. The first-order valence-electron chi connectivity index (χ1n) is 5.61. The molecule has 2 aromatic rings. The molecule has 0 saturated heterocycles. The van der Waals surface area contributed by atoms with Crippen LogP contribution in [0.3, 0.4) is 0 Å². The fourth-order valence-electron chi connectivity index (χ4n) is 1.78. The number of benzene rings is 1. The van der Waals surface area contributed by atoms with Gasteiger partial charge in [0.2, 0.25) is 0 Å². The Hall–Kier alpha value is -1.45. The molecule has 1 atom stereocenters. The van der Waals surface area contributed by atoms with E-state index < -0.39 is 11.9 Å². The van der Waals surface area contributed by atoms with Crippen molar-refractivity contribution in [2.75, 3.05) is 0 Å². The molecule has 0 radical (unpaired) electrons. The minimum atomic E-state index is -0.645. The van der Waals surface area contributed by atoms with Crippen molar-refractivity contribution in [3.63, 3.8) is 0 Å². The van der Waals surface area contributed by atoms with Crippen molar-refractivity contribution < 1.29 is 9.50 Å². The summed E-state index contributed by atoms with van der Waals surface area (Å²) in [4.78, 5) is 4.07. The van der Waals surface area contributed by atoms with Crippen LogP contribution in [-0.4, -0.2) is 10.1 Å². The highest BCUT2D eigenvalue weighted by Crippen LogP contribution is 2.22. The standard InChI is InChI=1S/C14H13ClFNO/c1-9-6-11(4-5-17-9)14(18)8-10-2-3-13(16)12(15)7-10/h2-7,14,18H,8H2,1H3. The fraction of sp³-hybridized carbons (Fsp3) is 0.214. The average Bonchev–Trinajstić information content (AvgIpc) is 2.34. The normalized spacial score (nSPS) is 12.4. The number of rotatable bonds is 3. The van der Waals surface area contributed by atoms with Crippen LogP contribution in [0.2, 0.25) is 5.02 Å². The quantitative estimate of drug-likeness (QED) is 0.922. The smallest absolute Gasteiger partial charge is 0.141 e. The number of hydrogen-bond acceptors (Lipinski definition) is 2. The van der Waals surface area contributed by atoms with Crippen LogP contribution >= 0.6 is 11.6 Å². The molecule has 0 bridgehead atoms. The van der Waals surface area contributed by atoms with Crippen molar-refractivity contribution in [3.8, 4) is 0 Å². The Morgan fingerprint density at radius 1 is 1.33 bits per heavy atom. The van der Waals surface area contributed by atoms with E-state index >= 15 is 0 Å². The van der Waals surface area contributed by atoms with Crippen LogP contribution in [0.5, 0.6) is 0 Å². The van der Waals surface area contributed by atoms with Crippen LogP contribution in [0, 0.1) is 12.7 Å². The fourth-order valence-corrected chi connectivity index (χ4v) is 1.99. The molecule has 1 aromatic heterocycles. The van der Waals surface area contributed by atoms with Gasteiger partial charge in [0, 0.05) is 18.3 Å². The lowest BCUT2D eigenvalue weighted by Gasteiger charge is -2.11. The van der Waals surface area contributed by atoms with Crippen molar-refractivity contribution in [3.05, 3.63) is 64.2 Å². The summed E-state index contributed by atoms with van der Waals surface area (Å²) in [6.07, 6.45) is 1.41. The molecule has 2 rings (SSSR count). The van der Waals surface area contributed by atoms with Crippen LogP contribution in [0.1, 0.15) is 22.9 Å². The maximum Gasteiger partial charge on any atom is 0.141 e. The van der Waals surface area contributed by atoms with E-state index in [1.807, 2.05) is 13.0 Å². The summed E-state index contributed by atoms with van der Waals surface area (Å²) in [5, 5.41) is 10.2. The predicted octanol–water partition coefficient (Wildman–Crippen LogP) is 3.46. The lowest BCUT2D eigenvalue weighted by atomic mass is 10.0. The van der Waals surface area contributed by atoms with Crippen molar-refractivity contribution in [1.82, 2.24) is 4.98 Å². The lowest BCUT2D eigenvalue weighted by molar-refractivity contribution is 0.178. The van der Waals surface area contributed by atoms with Crippen molar-refractivity contribution >= 4 is 11.6 Å². The molecule has 18 heavy (non-hydrogen) atoms. The number of aliphatic hydroxyl groups is 1. The van der Waals surface area contributed by atoms with Gasteiger partial charge in [-0.1, -0.05) is 17.7 Å². The summed E-state index contributed by atoms with van der Waals surface area (Å²) in [5.41, 5.74) is 2.44. The molecule has 1 unspecified atom stereocenters. The van der Waals surface area contributed by atoms with Gasteiger partial charge in [0.05, 0.1) is 11.1 Å². The summed E-state index contributed by atoms with van der Waals surface area (Å²) in [6.45, 7) is 1.87. The van der Waals surface area contributed by atoms with Gasteiger partial charge in [-0.3, -0.25) is 4.98 Å². The van der Waals surface area contributed by atoms with E-state index in [2.05, 4.69) is 4.98 Å². The number of halogens is 2. The summed E-state index contributed by atoms with van der Waals surface area (Å²) < 4.78 is 13.0. The maximum atomic E-state index is 13.0. The Balaban J connectivity index is 2.16. The Kier molecular flexibility index (Phi) is 3.94. The average molecular weight is 266 g/mol. The summed E-state index contributed by atoms with van der Waals surface area (Å²) in [6, 6.07) is 8.06. The molecule has 0 spiro atoms. The van der Waals surface area contributed by atoms with Gasteiger partial charge in [0.1, 0.15) is 5.82 Å². The van der Waals surface area contributed by atoms with Gasteiger partial charge in [0.25, 0.3) is 0 Å². The molecule has 0 amide bonds. The zero-order chi connectivity index (χ0) is 13.1. The highest BCUT2D eigenvalue weighted by molar-refractivity contribution is 6.30. The van der Waals surface area contributed by atoms with Crippen molar-refractivity contribution in [2.45, 2.75) is 19.4 Å². The molecule has 1 aromatic carbocycles. The summed E-state index contributed by atoms with van der Waals surface area (Å²) >= 11 is 5.70. The second-order valence-corrected chi connectivity index (χ2v) is 4.61. The second-order valence-electron chi connectivity index (χ2n) is 4.20. The Bertz CT molecular complexity index is 559. The first-order valence-corrected chi connectivity index (χ1v) is 5.98. The van der Waals surface area contributed by atoms with Crippen LogP contribution in [0.25, 0.3) is 0 Å². The number of nitrogens with zero attached hydrogens (tertiary/aromatic N) is 1. The highest BCUT2D eigenvalue weighted by atomic mass is 35.5. The lowest BCUT2D eigenvalue weighted by Crippen LogP contribution is -2.02. The minimum absolute atomic E-state index is 0.0746. The van der Waals surface area contributed by atoms with Crippen LogP contribution in [0.4, 0.5) is 4.39 Å². The molecule has 4 heteroatoms. The topological polar surface area (TPSA) is 33.1 Å². The van der Waals surface area contributed by atoms with E-state index in [1.54, 1.807) is 18.3 Å². The van der Waals surface area contributed by atoms with Gasteiger partial charge in [-0.05, 0) is 42.3 Å². The van der Waals surface area contributed by atoms with Crippen molar-refractivity contribution in [1.29, 1.82) is 0 Å². The third-order valence-electron chi connectivity index (χ3n) is 2.72. The van der Waals surface area contributed by atoms with Gasteiger partial charge in [-0.15, -0.1) is 0 Å². The monoisotopic (exact) mass is 265 g/mol. The van der Waals surface area contributed by atoms with E-state index in [-0.39, 0.29) is 5.02 Å². The molecular weight excluding hydrogens is 253 g/mol. The van der Waals surface area contributed by atoms with Gasteiger partial charge in [-0.2, -0.15) is 0 Å². The minimum Gasteiger partial charge on any atom is -0.388 e. The molecule has 94 valence electrons. The number of pyridine rings is 1. The van der Waals surface area contributed by atoms with E-state index in [4.69, 9.17) is 11.6 Å². The molecular formula is C14H13ClFNO. The molecule has 0 saturated carbocycles. The van der Waals surface area contributed by atoms with E-state index in [0.717, 1.165) is 16.8 Å². The number of aromatic nitrogens is 1. The maximum absolute atomic E-state index is 13.0. The largest absolute Gasteiger partial charge is 0.388 e. The molecule has 1 N–H and O–H groups in total. The first kappa shape index (κ1) is 13.0. The van der Waals surface area contributed by atoms with Crippen molar-refractivity contribution in [2.24, 2.45) is 0 Å².